The van der Waals surface area contributed by atoms with E-state index in [1.54, 1.807) is 0 Å². The third kappa shape index (κ3) is 1.76. The second kappa shape index (κ2) is 3.27. The Hall–Kier alpha value is -1.49. The third-order valence-electron chi connectivity index (χ3n) is 1.13. The van der Waals surface area contributed by atoms with E-state index in [4.69, 9.17) is 11.6 Å². The number of hydrogen-bond acceptors (Lipinski definition) is 4. The largest absolute Gasteiger partial charge is 0.365 e. The maximum Gasteiger partial charge on any atom is 0.365 e. The number of halogens is 1. The van der Waals surface area contributed by atoms with Crippen molar-refractivity contribution in [3.8, 4) is 0 Å². The maximum atomic E-state index is 10.2. The van der Waals surface area contributed by atoms with E-state index in [0.717, 1.165) is 6.07 Å². The molecule has 0 aromatic carbocycles. The van der Waals surface area contributed by atoms with E-state index in [1.807, 2.05) is 0 Å². The molecule has 0 atom stereocenters. The van der Waals surface area contributed by atoms with Gasteiger partial charge >= 0.3 is 5.82 Å². The summed E-state index contributed by atoms with van der Waals surface area (Å²) in [5.74, 6) is -0.426. The molecule has 12 heavy (non-hydrogen) atoms. The van der Waals surface area contributed by atoms with E-state index in [0.29, 0.717) is 6.29 Å². The van der Waals surface area contributed by atoms with Gasteiger partial charge in [-0.05, 0) is 21.5 Å². The van der Waals surface area contributed by atoms with E-state index in [2.05, 4.69) is 4.98 Å². The van der Waals surface area contributed by atoms with Crippen LogP contribution in [0.15, 0.2) is 12.1 Å². The molecule has 6 heteroatoms. The van der Waals surface area contributed by atoms with Crippen LogP contribution in [0.1, 0.15) is 10.4 Å². The summed E-state index contributed by atoms with van der Waals surface area (Å²) in [6.45, 7) is 0. The number of hydrogen-bond donors (Lipinski definition) is 0. The first-order valence-corrected chi connectivity index (χ1v) is 3.28. The van der Waals surface area contributed by atoms with E-state index in [1.165, 1.54) is 6.07 Å². The van der Waals surface area contributed by atoms with Gasteiger partial charge in [-0.25, -0.2) is 0 Å². The van der Waals surface area contributed by atoms with Gasteiger partial charge in [0.05, 0.1) is 0 Å². The molecule has 0 saturated carbocycles. The molecular weight excluding hydrogens is 184 g/mol. The van der Waals surface area contributed by atoms with Crippen LogP contribution in [0.5, 0.6) is 0 Å². The Morgan fingerprint density at radius 3 is 2.75 bits per heavy atom. The SMILES string of the molecule is O=Cc1cc(Cl)nc([N+](=O)[O-])c1. The second-order valence-corrected chi connectivity index (χ2v) is 2.34. The summed E-state index contributed by atoms with van der Waals surface area (Å²) in [6.07, 6.45) is 0.473. The van der Waals surface area contributed by atoms with E-state index in [-0.39, 0.29) is 10.7 Å². The minimum Gasteiger partial charge on any atom is -0.358 e. The Bertz CT molecular complexity index is 340. The maximum absolute atomic E-state index is 10.2. The molecule has 0 aliphatic carbocycles. The first kappa shape index (κ1) is 8.61. The van der Waals surface area contributed by atoms with Crippen LogP contribution in [0, 0.1) is 10.1 Å². The number of carbonyl (C=O) groups excluding carboxylic acids is 1. The zero-order valence-electron chi connectivity index (χ0n) is 5.73. The highest BCUT2D eigenvalue weighted by Crippen LogP contribution is 2.14. The van der Waals surface area contributed by atoms with Crippen molar-refractivity contribution in [2.45, 2.75) is 0 Å². The first-order chi connectivity index (χ1) is 5.63. The minimum atomic E-state index is -0.709. The normalized spacial score (nSPS) is 9.42. The van der Waals surface area contributed by atoms with Crippen LogP contribution < -0.4 is 0 Å². The molecule has 0 N–H and O–H groups in total. The van der Waals surface area contributed by atoms with Crippen LogP contribution in [-0.4, -0.2) is 16.2 Å². The van der Waals surface area contributed by atoms with Crippen molar-refractivity contribution in [1.82, 2.24) is 4.98 Å². The molecule has 0 aliphatic heterocycles. The lowest BCUT2D eigenvalue weighted by Crippen LogP contribution is -1.93. The van der Waals surface area contributed by atoms with E-state index in [9.17, 15) is 14.9 Å². The smallest absolute Gasteiger partial charge is 0.358 e. The van der Waals surface area contributed by atoms with Crippen molar-refractivity contribution in [2.75, 3.05) is 0 Å². The highest BCUT2D eigenvalue weighted by Gasteiger charge is 2.10. The Morgan fingerprint density at radius 1 is 1.58 bits per heavy atom. The molecule has 1 heterocycles. The van der Waals surface area contributed by atoms with Gasteiger partial charge < -0.3 is 10.1 Å². The summed E-state index contributed by atoms with van der Waals surface area (Å²) in [7, 11) is 0. The predicted molar refractivity (Wildman–Crippen MR) is 41.3 cm³/mol. The van der Waals surface area contributed by atoms with Crippen LogP contribution in [0.4, 0.5) is 5.82 Å². The zero-order valence-corrected chi connectivity index (χ0v) is 6.49. The van der Waals surface area contributed by atoms with Crippen molar-refractivity contribution in [1.29, 1.82) is 0 Å². The fourth-order valence-corrected chi connectivity index (χ4v) is 0.876. The molecule has 1 aromatic heterocycles. The molecular formula is C6H3ClN2O3. The summed E-state index contributed by atoms with van der Waals surface area (Å²) in [5, 5.41) is 10.1. The fraction of sp³-hybridized carbons (Fsp3) is 0. The lowest BCUT2D eigenvalue weighted by Gasteiger charge is -1.92. The van der Waals surface area contributed by atoms with Gasteiger partial charge in [-0.2, -0.15) is 0 Å². The van der Waals surface area contributed by atoms with Crippen LogP contribution in [0.3, 0.4) is 0 Å². The summed E-state index contributed by atoms with van der Waals surface area (Å²) in [6, 6.07) is 2.31. The van der Waals surface area contributed by atoms with Gasteiger partial charge in [0.1, 0.15) is 0 Å². The van der Waals surface area contributed by atoms with Crippen LogP contribution >= 0.6 is 11.6 Å². The van der Waals surface area contributed by atoms with Crippen molar-refractivity contribution in [3.63, 3.8) is 0 Å². The number of aromatic nitrogens is 1. The molecule has 0 amide bonds. The van der Waals surface area contributed by atoms with Gasteiger partial charge in [0.15, 0.2) is 6.29 Å². The zero-order chi connectivity index (χ0) is 9.14. The molecule has 62 valence electrons. The van der Waals surface area contributed by atoms with Gasteiger partial charge in [-0.15, -0.1) is 0 Å². The molecule has 1 rings (SSSR count). The number of nitrogens with zero attached hydrogens (tertiary/aromatic N) is 2. The van der Waals surface area contributed by atoms with Gasteiger partial charge in [0.2, 0.25) is 5.15 Å². The molecule has 5 nitrogen and oxygen atoms in total. The van der Waals surface area contributed by atoms with Crippen molar-refractivity contribution in [2.24, 2.45) is 0 Å². The van der Waals surface area contributed by atoms with Gasteiger partial charge in [-0.3, -0.25) is 4.79 Å². The number of nitro groups is 1. The number of aldehydes is 1. The first-order valence-electron chi connectivity index (χ1n) is 2.90. The Labute approximate surface area is 72.1 Å². The van der Waals surface area contributed by atoms with Crippen LogP contribution in [-0.2, 0) is 0 Å². The molecule has 0 spiro atoms. The molecule has 1 aromatic rings. The molecule has 0 aliphatic rings. The summed E-state index contributed by atoms with van der Waals surface area (Å²) >= 11 is 5.40. The summed E-state index contributed by atoms with van der Waals surface area (Å²) in [4.78, 5) is 23.1. The topological polar surface area (TPSA) is 73.1 Å². The van der Waals surface area contributed by atoms with E-state index >= 15 is 0 Å². The molecule has 0 bridgehead atoms. The molecule has 0 fully saturated rings. The average molecular weight is 187 g/mol. The van der Waals surface area contributed by atoms with Crippen LogP contribution in [0.2, 0.25) is 5.15 Å². The second-order valence-electron chi connectivity index (χ2n) is 1.96. The van der Waals surface area contributed by atoms with Crippen molar-refractivity contribution >= 4 is 23.7 Å². The molecule has 0 radical (unpaired) electrons. The molecule has 0 unspecified atom stereocenters. The number of rotatable bonds is 2. The standard InChI is InChI=1S/C6H3ClN2O3/c7-5-1-4(3-10)2-6(8-5)9(11)12/h1-3H. The lowest BCUT2D eigenvalue weighted by molar-refractivity contribution is -0.389. The highest BCUT2D eigenvalue weighted by molar-refractivity contribution is 6.29. The number of carbonyl (C=O) groups is 1. The van der Waals surface area contributed by atoms with E-state index < -0.39 is 10.7 Å². The lowest BCUT2D eigenvalue weighted by atomic mass is 10.3. The summed E-state index contributed by atoms with van der Waals surface area (Å²) in [5.41, 5.74) is 0.140. The summed E-state index contributed by atoms with van der Waals surface area (Å²) < 4.78 is 0. The molecule has 0 saturated heterocycles. The quantitative estimate of drug-likeness (QED) is 0.303. The Morgan fingerprint density at radius 2 is 2.25 bits per heavy atom. The minimum absolute atomic E-state index is 0.0636. The highest BCUT2D eigenvalue weighted by atomic mass is 35.5. The Kier molecular flexibility index (Phi) is 2.35. The number of pyridine rings is 1. The third-order valence-corrected chi connectivity index (χ3v) is 1.32. The Balaban J connectivity index is 3.23. The van der Waals surface area contributed by atoms with Crippen LogP contribution in [0.25, 0.3) is 0 Å². The van der Waals surface area contributed by atoms with Gasteiger partial charge in [-0.1, -0.05) is 0 Å². The van der Waals surface area contributed by atoms with Gasteiger partial charge in [0, 0.05) is 17.7 Å². The predicted octanol–water partition coefficient (Wildman–Crippen LogP) is 1.46. The fourth-order valence-electron chi connectivity index (χ4n) is 0.664. The van der Waals surface area contributed by atoms with Gasteiger partial charge in [0.25, 0.3) is 0 Å². The van der Waals surface area contributed by atoms with Crippen molar-refractivity contribution < 1.29 is 9.72 Å². The van der Waals surface area contributed by atoms with Crippen molar-refractivity contribution in [3.05, 3.63) is 33.0 Å². The monoisotopic (exact) mass is 186 g/mol. The average Bonchev–Trinajstić information content (AvgIpc) is 2.03.